The van der Waals surface area contributed by atoms with E-state index in [0.717, 1.165) is 7.11 Å². The number of rotatable bonds is 6. The summed E-state index contributed by atoms with van der Waals surface area (Å²) in [4.78, 5) is 10.3. The Labute approximate surface area is 80.2 Å². The third-order valence-corrected chi connectivity index (χ3v) is 1.75. The van der Waals surface area contributed by atoms with Gasteiger partial charge < -0.3 is 30.3 Å². The molecule has 0 aromatic rings. The summed E-state index contributed by atoms with van der Waals surface area (Å²) >= 11 is 0. The van der Waals surface area contributed by atoms with Crippen molar-refractivity contribution in [2.24, 2.45) is 0 Å². The average Bonchev–Trinajstić information content (AvgIpc) is 2.17. The van der Waals surface area contributed by atoms with Crippen LogP contribution < -0.4 is 0 Å². The first-order valence-electron chi connectivity index (χ1n) is 3.86. The van der Waals surface area contributed by atoms with Crippen molar-refractivity contribution in [2.45, 2.75) is 24.4 Å². The minimum atomic E-state index is -1.96. The van der Waals surface area contributed by atoms with Crippen LogP contribution in [-0.4, -0.2) is 69.6 Å². The van der Waals surface area contributed by atoms with Gasteiger partial charge in [-0.15, -0.1) is 0 Å². The standard InChI is InChI=1S/C7H14O7/c1-14-6(5(11)7(12)13)4(10)3(9)2-8/h3-6,8-11H,2H2,1H3,(H,12,13)/t3-,4+,5-,6-/m1/s1. The van der Waals surface area contributed by atoms with Gasteiger partial charge in [-0.1, -0.05) is 0 Å². The van der Waals surface area contributed by atoms with Crippen LogP contribution in [0.5, 0.6) is 0 Å². The minimum absolute atomic E-state index is 0.757. The van der Waals surface area contributed by atoms with Crippen LogP contribution in [-0.2, 0) is 9.53 Å². The molecule has 0 aliphatic carbocycles. The SMILES string of the molecule is CO[C@H]([C@@H](O)[C@H](O)CO)[C@@H](O)C(=O)O. The molecule has 0 spiro atoms. The molecule has 0 unspecified atom stereocenters. The molecule has 0 rings (SSSR count). The Morgan fingerprint density at radius 3 is 2.14 bits per heavy atom. The largest absolute Gasteiger partial charge is 0.479 e. The molecule has 7 nitrogen and oxygen atoms in total. The summed E-state index contributed by atoms with van der Waals surface area (Å²) in [5, 5.41) is 44.1. The lowest BCUT2D eigenvalue weighted by atomic mass is 10.0. The molecule has 0 bridgehead atoms. The highest BCUT2D eigenvalue weighted by atomic mass is 16.5. The normalized spacial score (nSPS) is 19.8. The molecule has 0 aliphatic rings. The first-order valence-corrected chi connectivity index (χ1v) is 3.86. The maximum absolute atomic E-state index is 10.3. The maximum Gasteiger partial charge on any atom is 0.335 e. The second-order valence-electron chi connectivity index (χ2n) is 2.72. The van der Waals surface area contributed by atoms with Gasteiger partial charge in [-0.05, 0) is 0 Å². The van der Waals surface area contributed by atoms with Crippen molar-refractivity contribution in [1.82, 2.24) is 0 Å². The van der Waals surface area contributed by atoms with Crippen LogP contribution in [0.15, 0.2) is 0 Å². The maximum atomic E-state index is 10.3. The molecule has 0 radical (unpaired) electrons. The molecular formula is C7H14O7. The zero-order valence-corrected chi connectivity index (χ0v) is 7.57. The fourth-order valence-electron chi connectivity index (χ4n) is 0.923. The number of ether oxygens (including phenoxy) is 1. The molecule has 14 heavy (non-hydrogen) atoms. The van der Waals surface area contributed by atoms with E-state index in [4.69, 9.17) is 20.4 Å². The fourth-order valence-corrected chi connectivity index (χ4v) is 0.923. The predicted molar refractivity (Wildman–Crippen MR) is 43.5 cm³/mol. The highest BCUT2D eigenvalue weighted by Crippen LogP contribution is 2.08. The third-order valence-electron chi connectivity index (χ3n) is 1.75. The molecule has 0 aromatic carbocycles. The van der Waals surface area contributed by atoms with Crippen molar-refractivity contribution in [3.8, 4) is 0 Å². The molecule has 4 atom stereocenters. The number of carboxylic acid groups (broad SMARTS) is 1. The Hall–Kier alpha value is -0.730. The average molecular weight is 210 g/mol. The Morgan fingerprint density at radius 1 is 1.36 bits per heavy atom. The highest BCUT2D eigenvalue weighted by molar-refractivity contribution is 5.72. The second kappa shape index (κ2) is 5.89. The zero-order valence-electron chi connectivity index (χ0n) is 7.57. The van der Waals surface area contributed by atoms with Gasteiger partial charge >= 0.3 is 5.97 Å². The van der Waals surface area contributed by atoms with E-state index in [9.17, 15) is 9.90 Å². The molecule has 0 saturated carbocycles. The van der Waals surface area contributed by atoms with E-state index in [0.29, 0.717) is 0 Å². The quantitative estimate of drug-likeness (QED) is 0.319. The molecule has 0 saturated heterocycles. The van der Waals surface area contributed by atoms with E-state index in [2.05, 4.69) is 4.74 Å². The highest BCUT2D eigenvalue weighted by Gasteiger charge is 2.35. The van der Waals surface area contributed by atoms with Gasteiger partial charge in [-0.25, -0.2) is 4.79 Å². The van der Waals surface area contributed by atoms with Crippen molar-refractivity contribution in [1.29, 1.82) is 0 Å². The van der Waals surface area contributed by atoms with Crippen LogP contribution >= 0.6 is 0 Å². The van der Waals surface area contributed by atoms with Gasteiger partial charge in [0, 0.05) is 7.11 Å². The molecule has 0 aromatic heterocycles. The number of carbonyl (C=O) groups is 1. The topological polar surface area (TPSA) is 127 Å². The van der Waals surface area contributed by atoms with Crippen molar-refractivity contribution in [2.75, 3.05) is 13.7 Å². The summed E-state index contributed by atoms with van der Waals surface area (Å²) in [6.07, 6.45) is -6.68. The number of aliphatic hydroxyl groups is 4. The lowest BCUT2D eigenvalue weighted by molar-refractivity contribution is -0.168. The van der Waals surface area contributed by atoms with E-state index in [-0.39, 0.29) is 0 Å². The molecule has 0 fully saturated rings. The van der Waals surface area contributed by atoms with Crippen molar-refractivity contribution >= 4 is 5.97 Å². The summed E-state index contributed by atoms with van der Waals surface area (Å²) in [5.74, 6) is -1.58. The van der Waals surface area contributed by atoms with Crippen LogP contribution in [0.1, 0.15) is 0 Å². The number of aliphatic carboxylic acids is 1. The Kier molecular flexibility index (Phi) is 5.58. The Morgan fingerprint density at radius 2 is 1.86 bits per heavy atom. The van der Waals surface area contributed by atoms with Crippen LogP contribution in [0.2, 0.25) is 0 Å². The lowest BCUT2D eigenvalue weighted by Gasteiger charge is -2.26. The molecule has 84 valence electrons. The number of methoxy groups -OCH3 is 1. The summed E-state index contributed by atoms with van der Waals surface area (Å²) < 4.78 is 4.51. The Balaban J connectivity index is 4.46. The second-order valence-corrected chi connectivity index (χ2v) is 2.72. The molecule has 0 amide bonds. The molecule has 0 heterocycles. The lowest BCUT2D eigenvalue weighted by Crippen LogP contribution is -2.49. The van der Waals surface area contributed by atoms with Gasteiger partial charge in [0.25, 0.3) is 0 Å². The van der Waals surface area contributed by atoms with Crippen LogP contribution in [0.4, 0.5) is 0 Å². The van der Waals surface area contributed by atoms with Gasteiger partial charge in [0.15, 0.2) is 6.10 Å². The zero-order chi connectivity index (χ0) is 11.3. The van der Waals surface area contributed by atoms with Crippen molar-refractivity contribution in [3.05, 3.63) is 0 Å². The number of hydrogen-bond acceptors (Lipinski definition) is 6. The van der Waals surface area contributed by atoms with Crippen LogP contribution in [0, 0.1) is 0 Å². The monoisotopic (exact) mass is 210 g/mol. The predicted octanol–water partition coefficient (Wildman–Crippen LogP) is -2.84. The molecule has 0 aliphatic heterocycles. The van der Waals surface area contributed by atoms with Crippen molar-refractivity contribution < 1.29 is 35.1 Å². The van der Waals surface area contributed by atoms with E-state index < -0.39 is 37.0 Å². The van der Waals surface area contributed by atoms with E-state index in [1.54, 1.807) is 0 Å². The van der Waals surface area contributed by atoms with Crippen molar-refractivity contribution in [3.63, 3.8) is 0 Å². The first kappa shape index (κ1) is 13.3. The van der Waals surface area contributed by atoms with E-state index in [1.165, 1.54) is 0 Å². The molecule has 5 N–H and O–H groups in total. The first-order chi connectivity index (χ1) is 6.45. The summed E-state index contributed by atoms with van der Waals surface area (Å²) in [6.45, 7) is -0.757. The summed E-state index contributed by atoms with van der Waals surface area (Å²) in [7, 11) is 1.07. The van der Waals surface area contributed by atoms with Gasteiger partial charge in [0.1, 0.15) is 18.3 Å². The molecule has 7 heteroatoms. The number of hydrogen-bond donors (Lipinski definition) is 5. The summed E-state index contributed by atoms with van der Waals surface area (Å²) in [5.41, 5.74) is 0. The minimum Gasteiger partial charge on any atom is -0.479 e. The van der Waals surface area contributed by atoms with Gasteiger partial charge in [0.05, 0.1) is 6.61 Å². The van der Waals surface area contributed by atoms with E-state index >= 15 is 0 Å². The molecular weight excluding hydrogens is 196 g/mol. The third kappa shape index (κ3) is 3.20. The van der Waals surface area contributed by atoms with Crippen LogP contribution in [0.3, 0.4) is 0 Å². The van der Waals surface area contributed by atoms with Gasteiger partial charge in [-0.2, -0.15) is 0 Å². The van der Waals surface area contributed by atoms with Gasteiger partial charge in [-0.3, -0.25) is 0 Å². The van der Waals surface area contributed by atoms with E-state index in [1.807, 2.05) is 0 Å². The van der Waals surface area contributed by atoms with Gasteiger partial charge in [0.2, 0.25) is 0 Å². The Bertz CT molecular complexity index is 183. The smallest absolute Gasteiger partial charge is 0.335 e. The number of carboxylic acids is 1. The fraction of sp³-hybridized carbons (Fsp3) is 0.857. The number of aliphatic hydroxyl groups excluding tert-OH is 4. The summed E-state index contributed by atoms with van der Waals surface area (Å²) in [6, 6.07) is 0. The van der Waals surface area contributed by atoms with Crippen LogP contribution in [0.25, 0.3) is 0 Å².